The minimum atomic E-state index is -0.639. The summed E-state index contributed by atoms with van der Waals surface area (Å²) in [6.45, 7) is 2.01. The molecule has 4 heteroatoms. The molecule has 0 heterocycles. The van der Waals surface area contributed by atoms with E-state index in [1.165, 1.54) is 6.21 Å². The summed E-state index contributed by atoms with van der Waals surface area (Å²) in [5.41, 5.74) is 0. The molecular weight excluding hydrogens is 166 g/mol. The van der Waals surface area contributed by atoms with Gasteiger partial charge >= 0.3 is 0 Å². The van der Waals surface area contributed by atoms with Crippen LogP contribution in [0.1, 0.15) is 6.92 Å². The first kappa shape index (κ1) is 10.5. The molecule has 0 aliphatic rings. The molecule has 0 rings (SSSR count). The van der Waals surface area contributed by atoms with E-state index in [4.69, 9.17) is 16.7 Å². The quantitative estimate of drug-likeness (QED) is 0.389. The van der Waals surface area contributed by atoms with E-state index in [2.05, 4.69) is 9.99 Å². The van der Waals surface area contributed by atoms with Crippen LogP contribution in [0.3, 0.4) is 0 Å². The van der Waals surface area contributed by atoms with Crippen molar-refractivity contribution >= 4 is 17.8 Å². The number of nitrogens with zero attached hydrogens (tertiary/aromatic N) is 1. The third kappa shape index (κ3) is 7.36. The van der Waals surface area contributed by atoms with Crippen molar-refractivity contribution in [1.82, 2.24) is 0 Å². The molecule has 1 atom stereocenters. The topological polar surface area (TPSA) is 41.8 Å². The van der Waals surface area contributed by atoms with Crippen LogP contribution >= 0.6 is 11.6 Å². The van der Waals surface area contributed by atoms with Crippen molar-refractivity contribution in [2.75, 3.05) is 12.5 Å². The van der Waals surface area contributed by atoms with Crippen LogP contribution in [0.5, 0.6) is 0 Å². The fourth-order valence-corrected chi connectivity index (χ4v) is 0.427. The minimum absolute atomic E-state index is 0.136. The second-order valence-electron chi connectivity index (χ2n) is 1.88. The van der Waals surface area contributed by atoms with Crippen molar-refractivity contribution < 1.29 is 9.94 Å². The van der Waals surface area contributed by atoms with Gasteiger partial charge in [-0.25, -0.2) is 0 Å². The van der Waals surface area contributed by atoms with E-state index >= 15 is 0 Å². The van der Waals surface area contributed by atoms with Gasteiger partial charge in [-0.1, -0.05) is 11.2 Å². The number of aliphatic hydroxyl groups is 1. The molecule has 0 fully saturated rings. The zero-order valence-corrected chi connectivity index (χ0v) is 7.16. The molecule has 0 radical (unpaired) electrons. The van der Waals surface area contributed by atoms with Crippen molar-refractivity contribution in [3.05, 3.63) is 12.2 Å². The van der Waals surface area contributed by atoms with Crippen LogP contribution in [0, 0.1) is 0 Å². The van der Waals surface area contributed by atoms with E-state index in [0.717, 1.165) is 0 Å². The summed E-state index contributed by atoms with van der Waals surface area (Å²) in [5.74, 6) is 0.166. The molecule has 1 unspecified atom stereocenters. The van der Waals surface area contributed by atoms with Gasteiger partial charge in [0.15, 0.2) is 0 Å². The number of oxime groups is 1. The monoisotopic (exact) mass is 177 g/mol. The fourth-order valence-electron chi connectivity index (χ4n) is 0.338. The first-order valence-corrected chi connectivity index (χ1v) is 3.85. The zero-order valence-electron chi connectivity index (χ0n) is 6.40. The van der Waals surface area contributed by atoms with E-state index in [-0.39, 0.29) is 12.5 Å². The van der Waals surface area contributed by atoms with Crippen molar-refractivity contribution in [1.29, 1.82) is 0 Å². The van der Waals surface area contributed by atoms with Crippen molar-refractivity contribution in [3.8, 4) is 0 Å². The van der Waals surface area contributed by atoms with Crippen LogP contribution in [-0.4, -0.2) is 29.9 Å². The maximum atomic E-state index is 8.87. The average Bonchev–Trinajstić information content (AvgIpc) is 2.04. The summed E-state index contributed by atoms with van der Waals surface area (Å²) in [7, 11) is 0. The van der Waals surface area contributed by atoms with E-state index in [1.807, 2.05) is 13.0 Å². The van der Waals surface area contributed by atoms with Crippen molar-refractivity contribution in [2.24, 2.45) is 5.16 Å². The van der Waals surface area contributed by atoms with Crippen molar-refractivity contribution in [3.63, 3.8) is 0 Å². The van der Waals surface area contributed by atoms with Gasteiger partial charge in [0.25, 0.3) is 0 Å². The molecule has 3 nitrogen and oxygen atoms in total. The van der Waals surface area contributed by atoms with Gasteiger partial charge in [0.05, 0.1) is 12.1 Å². The van der Waals surface area contributed by atoms with Gasteiger partial charge in [0.1, 0.15) is 12.7 Å². The molecule has 0 aromatic heterocycles. The van der Waals surface area contributed by atoms with Gasteiger partial charge < -0.3 is 9.94 Å². The first-order chi connectivity index (χ1) is 5.31. The average molecular weight is 178 g/mol. The lowest BCUT2D eigenvalue weighted by Gasteiger charge is -2.02. The summed E-state index contributed by atoms with van der Waals surface area (Å²) in [4.78, 5) is 4.67. The second kappa shape index (κ2) is 7.57. The van der Waals surface area contributed by atoms with Crippen LogP contribution in [0.25, 0.3) is 0 Å². The summed E-state index contributed by atoms with van der Waals surface area (Å²) < 4.78 is 0. The number of hydrogen-bond donors (Lipinski definition) is 1. The Kier molecular flexibility index (Phi) is 7.19. The Balaban J connectivity index is 3.26. The third-order valence-corrected chi connectivity index (χ3v) is 1.22. The van der Waals surface area contributed by atoms with Gasteiger partial charge in [0, 0.05) is 0 Å². The van der Waals surface area contributed by atoms with Gasteiger partial charge in [-0.3, -0.25) is 0 Å². The lowest BCUT2D eigenvalue weighted by molar-refractivity contribution is 0.0526. The Labute approximate surface area is 71.3 Å². The van der Waals surface area contributed by atoms with E-state index in [0.29, 0.717) is 0 Å². The number of aliphatic hydroxyl groups excluding tert-OH is 1. The van der Waals surface area contributed by atoms with Crippen molar-refractivity contribution in [2.45, 2.75) is 13.0 Å². The Morgan fingerprint density at radius 2 is 2.45 bits per heavy atom. The SMILES string of the molecule is C/C=C/C=N/OCC(O)CCl. The number of rotatable bonds is 5. The molecule has 0 aromatic rings. The first-order valence-electron chi connectivity index (χ1n) is 3.32. The normalized spacial score (nSPS) is 14.5. The molecule has 0 spiro atoms. The van der Waals surface area contributed by atoms with Crippen LogP contribution < -0.4 is 0 Å². The summed E-state index contributed by atoms with van der Waals surface area (Å²) in [6, 6.07) is 0. The molecule has 0 aliphatic carbocycles. The van der Waals surface area contributed by atoms with Crippen LogP contribution in [0.15, 0.2) is 17.3 Å². The second-order valence-corrected chi connectivity index (χ2v) is 2.19. The standard InChI is InChI=1S/C7H12ClNO2/c1-2-3-4-9-11-6-7(10)5-8/h2-4,7,10H,5-6H2,1H3/b3-2+,9-4+. The Morgan fingerprint density at radius 1 is 1.73 bits per heavy atom. The minimum Gasteiger partial charge on any atom is -0.393 e. The zero-order chi connectivity index (χ0) is 8.53. The molecule has 0 aliphatic heterocycles. The highest BCUT2D eigenvalue weighted by molar-refractivity contribution is 6.18. The van der Waals surface area contributed by atoms with E-state index < -0.39 is 6.10 Å². The smallest absolute Gasteiger partial charge is 0.144 e. The molecule has 1 N–H and O–H groups in total. The number of alkyl halides is 1. The van der Waals surface area contributed by atoms with E-state index in [1.54, 1.807) is 6.08 Å². The summed E-state index contributed by atoms with van der Waals surface area (Å²) in [6.07, 6.45) is 4.42. The Morgan fingerprint density at radius 3 is 3.00 bits per heavy atom. The predicted octanol–water partition coefficient (Wildman–Crippen LogP) is 1.16. The van der Waals surface area contributed by atoms with Crippen LogP contribution in [0.2, 0.25) is 0 Å². The summed E-state index contributed by atoms with van der Waals surface area (Å²) in [5, 5.41) is 12.4. The predicted molar refractivity (Wildman–Crippen MR) is 46.0 cm³/mol. The van der Waals surface area contributed by atoms with Gasteiger partial charge in [-0.15, -0.1) is 11.6 Å². The fraction of sp³-hybridized carbons (Fsp3) is 0.571. The molecule has 0 bridgehead atoms. The lowest BCUT2D eigenvalue weighted by atomic mass is 10.4. The van der Waals surface area contributed by atoms with Gasteiger partial charge in [0.2, 0.25) is 0 Å². The largest absolute Gasteiger partial charge is 0.393 e. The Bertz CT molecular complexity index is 136. The molecule has 11 heavy (non-hydrogen) atoms. The van der Waals surface area contributed by atoms with Gasteiger partial charge in [-0.2, -0.15) is 0 Å². The van der Waals surface area contributed by atoms with Crippen LogP contribution in [0.4, 0.5) is 0 Å². The maximum Gasteiger partial charge on any atom is 0.144 e. The molecule has 64 valence electrons. The van der Waals surface area contributed by atoms with Gasteiger partial charge in [-0.05, 0) is 13.0 Å². The molecule has 0 saturated carbocycles. The number of halogens is 1. The molecule has 0 amide bonds. The maximum absolute atomic E-state index is 8.87. The number of hydrogen-bond acceptors (Lipinski definition) is 3. The lowest BCUT2D eigenvalue weighted by Crippen LogP contribution is -2.14. The molecule has 0 saturated heterocycles. The third-order valence-electron chi connectivity index (χ3n) is 0.859. The highest BCUT2D eigenvalue weighted by Gasteiger charge is 1.99. The highest BCUT2D eigenvalue weighted by atomic mass is 35.5. The molecule has 0 aromatic carbocycles. The number of allylic oxidation sites excluding steroid dienone is 2. The molecular formula is C7H12ClNO2. The van der Waals surface area contributed by atoms with E-state index in [9.17, 15) is 0 Å². The Hall–Kier alpha value is -0.540. The highest BCUT2D eigenvalue weighted by Crippen LogP contribution is 1.88. The summed E-state index contributed by atoms with van der Waals surface area (Å²) >= 11 is 5.30. The van der Waals surface area contributed by atoms with Crippen LogP contribution in [-0.2, 0) is 4.84 Å².